The lowest BCUT2D eigenvalue weighted by Gasteiger charge is -2.10. The third-order valence-corrected chi connectivity index (χ3v) is 1.82. The Morgan fingerprint density at radius 2 is 2.56 bits per heavy atom. The van der Waals surface area contributed by atoms with E-state index in [-0.39, 0.29) is 6.10 Å². The standard InChI is InChI=1S/C7H13NO/c1-2-7(9)6-3-4-8-5-6/h2,6-9H,1,3-5H2/t6-,7?/m1/s1. The van der Waals surface area contributed by atoms with Gasteiger partial charge in [-0.05, 0) is 13.0 Å². The van der Waals surface area contributed by atoms with Crippen molar-refractivity contribution >= 4 is 0 Å². The van der Waals surface area contributed by atoms with Crippen LogP contribution in [0, 0.1) is 5.92 Å². The second-order valence-corrected chi connectivity index (χ2v) is 2.48. The second-order valence-electron chi connectivity index (χ2n) is 2.48. The van der Waals surface area contributed by atoms with Crippen LogP contribution in [0.1, 0.15) is 6.42 Å². The zero-order chi connectivity index (χ0) is 6.69. The monoisotopic (exact) mass is 127 g/mol. The molecule has 2 heteroatoms. The van der Waals surface area contributed by atoms with Crippen molar-refractivity contribution in [2.75, 3.05) is 13.1 Å². The van der Waals surface area contributed by atoms with Gasteiger partial charge in [0.05, 0.1) is 6.10 Å². The van der Waals surface area contributed by atoms with E-state index in [1.54, 1.807) is 6.08 Å². The van der Waals surface area contributed by atoms with Gasteiger partial charge in [-0.1, -0.05) is 6.08 Å². The van der Waals surface area contributed by atoms with Gasteiger partial charge in [-0.3, -0.25) is 0 Å². The van der Waals surface area contributed by atoms with Crippen LogP contribution in [-0.4, -0.2) is 24.3 Å². The lowest BCUT2D eigenvalue weighted by atomic mass is 10.0. The van der Waals surface area contributed by atoms with E-state index in [1.165, 1.54) is 0 Å². The van der Waals surface area contributed by atoms with Gasteiger partial charge in [0.2, 0.25) is 0 Å². The molecular formula is C7H13NO. The van der Waals surface area contributed by atoms with Gasteiger partial charge < -0.3 is 10.4 Å². The normalized spacial score (nSPS) is 30.1. The van der Waals surface area contributed by atoms with Crippen LogP contribution in [0.2, 0.25) is 0 Å². The molecule has 1 heterocycles. The fraction of sp³-hybridized carbons (Fsp3) is 0.714. The minimum atomic E-state index is -0.306. The van der Waals surface area contributed by atoms with Crippen molar-refractivity contribution in [3.8, 4) is 0 Å². The van der Waals surface area contributed by atoms with E-state index in [1.807, 2.05) is 0 Å². The largest absolute Gasteiger partial charge is 0.389 e. The predicted octanol–water partition coefficient (Wildman–Crippen LogP) is 0.143. The summed E-state index contributed by atoms with van der Waals surface area (Å²) in [5.41, 5.74) is 0. The van der Waals surface area contributed by atoms with Gasteiger partial charge in [-0.25, -0.2) is 0 Å². The highest BCUT2D eigenvalue weighted by Gasteiger charge is 2.19. The van der Waals surface area contributed by atoms with Crippen LogP contribution in [0.4, 0.5) is 0 Å². The maximum Gasteiger partial charge on any atom is 0.0759 e. The Labute approximate surface area is 55.6 Å². The Morgan fingerprint density at radius 1 is 1.78 bits per heavy atom. The summed E-state index contributed by atoms with van der Waals surface area (Å²) in [5.74, 6) is 0.405. The van der Waals surface area contributed by atoms with Gasteiger partial charge in [0.25, 0.3) is 0 Å². The van der Waals surface area contributed by atoms with Crippen LogP contribution in [-0.2, 0) is 0 Å². The summed E-state index contributed by atoms with van der Waals surface area (Å²) in [6, 6.07) is 0. The minimum Gasteiger partial charge on any atom is -0.389 e. The van der Waals surface area contributed by atoms with Gasteiger partial charge >= 0.3 is 0 Å². The number of nitrogens with one attached hydrogen (secondary N) is 1. The summed E-state index contributed by atoms with van der Waals surface area (Å²) in [7, 11) is 0. The van der Waals surface area contributed by atoms with Crippen LogP contribution >= 0.6 is 0 Å². The maximum atomic E-state index is 9.20. The van der Waals surface area contributed by atoms with Gasteiger partial charge in [0.1, 0.15) is 0 Å². The molecule has 1 unspecified atom stereocenters. The molecule has 2 nitrogen and oxygen atoms in total. The van der Waals surface area contributed by atoms with Crippen LogP contribution in [0.25, 0.3) is 0 Å². The zero-order valence-corrected chi connectivity index (χ0v) is 5.51. The molecule has 52 valence electrons. The molecule has 0 bridgehead atoms. The molecule has 0 saturated carbocycles. The second kappa shape index (κ2) is 2.99. The van der Waals surface area contributed by atoms with E-state index in [2.05, 4.69) is 11.9 Å². The van der Waals surface area contributed by atoms with Crippen molar-refractivity contribution in [2.45, 2.75) is 12.5 Å². The maximum absolute atomic E-state index is 9.20. The third kappa shape index (κ3) is 1.53. The number of aliphatic hydroxyl groups excluding tert-OH is 1. The van der Waals surface area contributed by atoms with Crippen molar-refractivity contribution in [2.24, 2.45) is 5.92 Å². The Kier molecular flexibility index (Phi) is 2.25. The Morgan fingerprint density at radius 3 is 3.00 bits per heavy atom. The topological polar surface area (TPSA) is 32.3 Å². The van der Waals surface area contributed by atoms with Crippen LogP contribution in [0.15, 0.2) is 12.7 Å². The Bertz CT molecular complexity index is 97.1. The molecule has 0 amide bonds. The average Bonchev–Trinajstić information content (AvgIpc) is 2.37. The smallest absolute Gasteiger partial charge is 0.0759 e. The lowest BCUT2D eigenvalue weighted by molar-refractivity contribution is 0.163. The first-order chi connectivity index (χ1) is 4.34. The van der Waals surface area contributed by atoms with Crippen molar-refractivity contribution in [3.05, 3.63) is 12.7 Å². The highest BCUT2D eigenvalue weighted by atomic mass is 16.3. The first-order valence-corrected chi connectivity index (χ1v) is 3.36. The molecule has 0 aliphatic carbocycles. The number of aliphatic hydroxyl groups is 1. The summed E-state index contributed by atoms with van der Waals surface area (Å²) in [6.07, 6.45) is 2.38. The highest BCUT2D eigenvalue weighted by Crippen LogP contribution is 2.12. The molecule has 1 saturated heterocycles. The highest BCUT2D eigenvalue weighted by molar-refractivity contribution is 4.88. The summed E-state index contributed by atoms with van der Waals surface area (Å²) < 4.78 is 0. The first kappa shape index (κ1) is 6.78. The molecule has 1 fully saturated rings. The summed E-state index contributed by atoms with van der Waals surface area (Å²) in [4.78, 5) is 0. The summed E-state index contributed by atoms with van der Waals surface area (Å²) in [6.45, 7) is 5.50. The minimum absolute atomic E-state index is 0.306. The molecule has 0 radical (unpaired) electrons. The van der Waals surface area contributed by atoms with Crippen LogP contribution in [0.3, 0.4) is 0 Å². The van der Waals surface area contributed by atoms with Gasteiger partial charge in [-0.2, -0.15) is 0 Å². The van der Waals surface area contributed by atoms with Crippen LogP contribution in [0.5, 0.6) is 0 Å². The molecule has 1 aliphatic rings. The summed E-state index contributed by atoms with van der Waals surface area (Å²) in [5, 5.41) is 12.4. The molecule has 1 rings (SSSR count). The van der Waals surface area contributed by atoms with E-state index in [0.717, 1.165) is 19.5 Å². The fourth-order valence-corrected chi connectivity index (χ4v) is 1.16. The number of rotatable bonds is 2. The molecule has 0 aromatic rings. The molecule has 0 spiro atoms. The van der Waals surface area contributed by atoms with E-state index in [0.29, 0.717) is 5.92 Å². The molecule has 9 heavy (non-hydrogen) atoms. The van der Waals surface area contributed by atoms with E-state index < -0.39 is 0 Å². The van der Waals surface area contributed by atoms with E-state index in [4.69, 9.17) is 0 Å². The average molecular weight is 127 g/mol. The lowest BCUT2D eigenvalue weighted by Crippen LogP contribution is -2.20. The number of hydrogen-bond acceptors (Lipinski definition) is 2. The molecule has 2 N–H and O–H groups in total. The first-order valence-electron chi connectivity index (χ1n) is 3.36. The zero-order valence-electron chi connectivity index (χ0n) is 5.51. The van der Waals surface area contributed by atoms with Crippen molar-refractivity contribution in [1.29, 1.82) is 0 Å². The van der Waals surface area contributed by atoms with Crippen LogP contribution < -0.4 is 5.32 Å². The molecule has 0 aromatic heterocycles. The van der Waals surface area contributed by atoms with Crippen molar-refractivity contribution in [1.82, 2.24) is 5.32 Å². The third-order valence-electron chi connectivity index (χ3n) is 1.82. The predicted molar refractivity (Wildman–Crippen MR) is 37.2 cm³/mol. The SMILES string of the molecule is C=CC(O)[C@@H]1CCNC1. The molecule has 0 aromatic carbocycles. The molecule has 1 aliphatic heterocycles. The Balaban J connectivity index is 2.32. The van der Waals surface area contributed by atoms with Gasteiger partial charge in [0.15, 0.2) is 0 Å². The molecular weight excluding hydrogens is 114 g/mol. The quantitative estimate of drug-likeness (QED) is 0.517. The van der Waals surface area contributed by atoms with E-state index >= 15 is 0 Å². The van der Waals surface area contributed by atoms with Gasteiger partial charge in [0, 0.05) is 12.5 Å². The number of hydrogen-bond donors (Lipinski definition) is 2. The van der Waals surface area contributed by atoms with Crippen molar-refractivity contribution in [3.63, 3.8) is 0 Å². The van der Waals surface area contributed by atoms with Gasteiger partial charge in [-0.15, -0.1) is 6.58 Å². The molecule has 2 atom stereocenters. The fourth-order valence-electron chi connectivity index (χ4n) is 1.16. The Hall–Kier alpha value is -0.340. The van der Waals surface area contributed by atoms with Crippen molar-refractivity contribution < 1.29 is 5.11 Å². The summed E-state index contributed by atoms with van der Waals surface area (Å²) >= 11 is 0. The van der Waals surface area contributed by atoms with E-state index in [9.17, 15) is 5.11 Å².